The lowest BCUT2D eigenvalue weighted by Crippen LogP contribution is -1.96. The molecule has 0 amide bonds. The topological polar surface area (TPSA) is 22.8 Å². The smallest absolute Gasteiger partial charge is 0.0719 e. The summed E-state index contributed by atoms with van der Waals surface area (Å²) in [5, 5.41) is 7.62. The molecule has 0 N–H and O–H groups in total. The number of thiophene rings is 1. The van der Waals surface area contributed by atoms with E-state index in [0.717, 1.165) is 39.4 Å². The number of rotatable bonds is 4. The highest BCUT2D eigenvalue weighted by Gasteiger charge is 2.21. The van der Waals surface area contributed by atoms with Crippen LogP contribution in [0.4, 0.5) is 0 Å². The Morgan fingerprint density at radius 3 is 1.75 bits per heavy atom. The fourth-order valence-electron chi connectivity index (χ4n) is 8.01. The summed E-state index contributed by atoms with van der Waals surface area (Å²) in [6.07, 6.45) is 0. The van der Waals surface area contributed by atoms with Crippen LogP contribution in [-0.4, -0.2) is 14.1 Å². The highest BCUT2D eigenvalue weighted by molar-refractivity contribution is 7.26. The van der Waals surface area contributed by atoms with Gasteiger partial charge in [0.2, 0.25) is 0 Å². The first-order valence-electron chi connectivity index (χ1n) is 17.3. The van der Waals surface area contributed by atoms with Gasteiger partial charge in [0.05, 0.1) is 38.2 Å². The summed E-state index contributed by atoms with van der Waals surface area (Å²) in [4.78, 5) is 5.12. The largest absolute Gasteiger partial charge is 0.309 e. The lowest BCUT2D eigenvalue weighted by Gasteiger charge is -2.11. The first kappa shape index (κ1) is 28.4. The van der Waals surface area contributed by atoms with Gasteiger partial charge in [-0.1, -0.05) is 115 Å². The zero-order valence-electron chi connectivity index (χ0n) is 27.5. The third-order valence-electron chi connectivity index (χ3n) is 10.3. The molecule has 0 radical (unpaired) electrons. The molecule has 4 heteroatoms. The van der Waals surface area contributed by atoms with E-state index in [4.69, 9.17) is 4.98 Å². The first-order chi connectivity index (χ1) is 25.3. The summed E-state index contributed by atoms with van der Waals surface area (Å²) in [5.41, 5.74) is 11.2. The van der Waals surface area contributed by atoms with E-state index in [1.54, 1.807) is 0 Å². The summed E-state index contributed by atoms with van der Waals surface area (Å²) >= 11 is 1.89. The molecule has 0 aliphatic heterocycles. The van der Waals surface area contributed by atoms with E-state index in [-0.39, 0.29) is 0 Å². The molecule has 4 heterocycles. The van der Waals surface area contributed by atoms with Crippen molar-refractivity contribution < 1.29 is 0 Å². The molecule has 51 heavy (non-hydrogen) atoms. The molecule has 0 spiro atoms. The second-order valence-electron chi connectivity index (χ2n) is 13.2. The van der Waals surface area contributed by atoms with Gasteiger partial charge in [-0.15, -0.1) is 11.3 Å². The van der Waals surface area contributed by atoms with Crippen LogP contribution in [0.25, 0.3) is 97.7 Å². The fourth-order valence-corrected chi connectivity index (χ4v) is 9.25. The van der Waals surface area contributed by atoms with Gasteiger partial charge in [0, 0.05) is 59.5 Å². The van der Waals surface area contributed by atoms with E-state index in [1.165, 1.54) is 58.3 Å². The van der Waals surface area contributed by atoms with E-state index >= 15 is 0 Å². The molecule has 3 nitrogen and oxygen atoms in total. The molecular formula is C47H29N3S. The van der Waals surface area contributed by atoms with Gasteiger partial charge in [-0.25, -0.2) is 4.98 Å². The maximum Gasteiger partial charge on any atom is 0.0719 e. The van der Waals surface area contributed by atoms with Crippen LogP contribution in [0, 0.1) is 0 Å². The average Bonchev–Trinajstić information content (AvgIpc) is 3.85. The molecule has 238 valence electrons. The minimum atomic E-state index is 0.960. The molecule has 7 aromatic carbocycles. The van der Waals surface area contributed by atoms with E-state index in [2.05, 4.69) is 179 Å². The van der Waals surface area contributed by atoms with Crippen molar-refractivity contribution in [3.8, 4) is 33.9 Å². The van der Waals surface area contributed by atoms with Crippen LogP contribution in [0.1, 0.15) is 0 Å². The second kappa shape index (κ2) is 11.0. The number of benzene rings is 7. The predicted octanol–water partition coefficient (Wildman–Crippen LogP) is 13.0. The van der Waals surface area contributed by atoms with Crippen molar-refractivity contribution in [1.82, 2.24) is 14.1 Å². The molecule has 0 bridgehead atoms. The third kappa shape index (κ3) is 4.27. The summed E-state index contributed by atoms with van der Waals surface area (Å²) in [7, 11) is 0. The number of aromatic nitrogens is 3. The van der Waals surface area contributed by atoms with Crippen LogP contribution in [0.5, 0.6) is 0 Å². The minimum Gasteiger partial charge on any atom is -0.309 e. The summed E-state index contributed by atoms with van der Waals surface area (Å²) in [6.45, 7) is 0. The van der Waals surface area contributed by atoms with Crippen molar-refractivity contribution in [1.29, 1.82) is 0 Å². The number of fused-ring (bicyclic) bond motifs is 10. The van der Waals surface area contributed by atoms with E-state index in [0.29, 0.717) is 0 Å². The van der Waals surface area contributed by atoms with Crippen LogP contribution in [0.3, 0.4) is 0 Å². The van der Waals surface area contributed by atoms with Gasteiger partial charge in [-0.05, 0) is 60.7 Å². The number of hydrogen-bond acceptors (Lipinski definition) is 2. The molecule has 0 aliphatic carbocycles. The van der Waals surface area contributed by atoms with Gasteiger partial charge >= 0.3 is 0 Å². The summed E-state index contributed by atoms with van der Waals surface area (Å²) in [6, 6.07) is 63.4. The minimum absolute atomic E-state index is 0.960. The quantitative estimate of drug-likeness (QED) is 0.183. The highest BCUT2D eigenvalue weighted by Crippen LogP contribution is 2.45. The number of pyridine rings is 1. The standard InChI is InChI=1S/C47H29N3S/c1-4-13-30(14-5-1)40-20-12-21-41(48-40)31-23-24-34-38-28-39-36-25-26-37-35-19-10-11-22-45(35)51-47(37)46(36)50(33-17-8-3-9-18-33)44(39)29-43(38)49(42(34)27-31)32-15-6-2-7-16-32/h1-29H. The van der Waals surface area contributed by atoms with Crippen molar-refractivity contribution in [3.63, 3.8) is 0 Å². The molecule has 0 saturated heterocycles. The molecule has 0 fully saturated rings. The van der Waals surface area contributed by atoms with E-state index in [1.807, 2.05) is 17.4 Å². The van der Waals surface area contributed by atoms with Gasteiger partial charge in [0.15, 0.2) is 0 Å². The molecule has 0 unspecified atom stereocenters. The molecule has 0 aliphatic rings. The Hall–Kier alpha value is -6.49. The van der Waals surface area contributed by atoms with Crippen LogP contribution >= 0.6 is 11.3 Å². The molecule has 4 aromatic heterocycles. The van der Waals surface area contributed by atoms with Crippen molar-refractivity contribution in [2.24, 2.45) is 0 Å². The van der Waals surface area contributed by atoms with E-state index < -0.39 is 0 Å². The molecule has 11 aromatic rings. The summed E-state index contributed by atoms with van der Waals surface area (Å²) < 4.78 is 7.55. The Labute approximate surface area is 297 Å². The Kier molecular flexibility index (Phi) is 6.12. The van der Waals surface area contributed by atoms with E-state index in [9.17, 15) is 0 Å². The first-order valence-corrected chi connectivity index (χ1v) is 18.1. The highest BCUT2D eigenvalue weighted by atomic mass is 32.1. The van der Waals surface area contributed by atoms with Crippen molar-refractivity contribution in [3.05, 3.63) is 176 Å². The Morgan fingerprint density at radius 2 is 0.961 bits per heavy atom. The van der Waals surface area contributed by atoms with Crippen LogP contribution in [-0.2, 0) is 0 Å². The fraction of sp³-hybridized carbons (Fsp3) is 0. The maximum absolute atomic E-state index is 5.12. The van der Waals surface area contributed by atoms with Crippen molar-refractivity contribution >= 4 is 75.1 Å². The predicted molar refractivity (Wildman–Crippen MR) is 217 cm³/mol. The van der Waals surface area contributed by atoms with Gasteiger partial charge in [0.25, 0.3) is 0 Å². The number of hydrogen-bond donors (Lipinski definition) is 0. The number of nitrogens with zero attached hydrogens (tertiary/aromatic N) is 3. The van der Waals surface area contributed by atoms with Crippen molar-refractivity contribution in [2.75, 3.05) is 0 Å². The molecular weight excluding hydrogens is 639 g/mol. The molecule has 11 rings (SSSR count). The maximum atomic E-state index is 5.12. The zero-order chi connectivity index (χ0) is 33.5. The lowest BCUT2D eigenvalue weighted by atomic mass is 10.0. The van der Waals surface area contributed by atoms with Crippen molar-refractivity contribution in [2.45, 2.75) is 0 Å². The van der Waals surface area contributed by atoms with Crippen LogP contribution in [0.15, 0.2) is 176 Å². The molecule has 0 atom stereocenters. The Balaban J connectivity index is 1.24. The molecule has 0 saturated carbocycles. The second-order valence-corrected chi connectivity index (χ2v) is 14.2. The van der Waals surface area contributed by atoms with Crippen LogP contribution < -0.4 is 0 Å². The van der Waals surface area contributed by atoms with Gasteiger partial charge < -0.3 is 9.13 Å². The normalized spacial score (nSPS) is 11.9. The van der Waals surface area contributed by atoms with Gasteiger partial charge in [-0.2, -0.15) is 0 Å². The third-order valence-corrected chi connectivity index (χ3v) is 11.5. The Morgan fingerprint density at radius 1 is 0.373 bits per heavy atom. The van der Waals surface area contributed by atoms with Gasteiger partial charge in [-0.3, -0.25) is 0 Å². The lowest BCUT2D eigenvalue weighted by molar-refractivity contribution is 1.17. The average molecular weight is 668 g/mol. The SMILES string of the molecule is c1ccc(-c2cccc(-c3ccc4c5cc6c7ccc8c9ccccc9sc8c7n(-c7ccccc7)c6cc5n(-c5ccccc5)c4c3)n2)cc1. The number of para-hydroxylation sites is 2. The summed E-state index contributed by atoms with van der Waals surface area (Å²) in [5.74, 6) is 0. The zero-order valence-corrected chi connectivity index (χ0v) is 28.3. The Bertz CT molecular complexity index is 3120. The van der Waals surface area contributed by atoms with Crippen LogP contribution in [0.2, 0.25) is 0 Å². The monoisotopic (exact) mass is 667 g/mol. The van der Waals surface area contributed by atoms with Gasteiger partial charge in [0.1, 0.15) is 0 Å².